The molecule has 1 aromatic heterocycles. The maximum Gasteiger partial charge on any atom is 0.280 e. The molecule has 1 N–H and O–H groups in total. The van der Waals surface area contributed by atoms with Gasteiger partial charge in [0.25, 0.3) is 5.91 Å². The van der Waals surface area contributed by atoms with Crippen LogP contribution in [0.5, 0.6) is 0 Å². The standard InChI is InChI=1S/C12H18N4O/c1-10-3-6-16(2,8-10)9-12(17)15-11-7-13-4-5-14-11/h4-5,7,10H,3,6,8-9H2,1-2H3/p+1/t10-,16?/m1/s1. The van der Waals surface area contributed by atoms with Crippen LogP contribution in [0.4, 0.5) is 5.82 Å². The van der Waals surface area contributed by atoms with E-state index in [1.807, 2.05) is 0 Å². The second kappa shape index (κ2) is 4.79. The van der Waals surface area contributed by atoms with Crippen molar-refractivity contribution in [2.24, 2.45) is 5.92 Å². The van der Waals surface area contributed by atoms with Crippen molar-refractivity contribution in [1.29, 1.82) is 0 Å². The Bertz CT molecular complexity index is 395. The maximum atomic E-state index is 11.9. The van der Waals surface area contributed by atoms with Crippen molar-refractivity contribution >= 4 is 11.7 Å². The van der Waals surface area contributed by atoms with Crippen molar-refractivity contribution in [3.63, 3.8) is 0 Å². The fourth-order valence-corrected chi connectivity index (χ4v) is 2.50. The number of hydrogen-bond acceptors (Lipinski definition) is 3. The van der Waals surface area contributed by atoms with Gasteiger partial charge in [0.15, 0.2) is 12.4 Å². The third kappa shape index (κ3) is 3.23. The lowest BCUT2D eigenvalue weighted by molar-refractivity contribution is -0.891. The number of carbonyl (C=O) groups excluding carboxylic acids is 1. The Hall–Kier alpha value is -1.49. The smallest absolute Gasteiger partial charge is 0.280 e. The van der Waals surface area contributed by atoms with Gasteiger partial charge in [-0.3, -0.25) is 9.78 Å². The number of nitrogens with zero attached hydrogens (tertiary/aromatic N) is 3. The second-order valence-electron chi connectivity index (χ2n) is 5.22. The number of likely N-dealkylation sites (N-methyl/N-ethyl adjacent to an activating group) is 1. The predicted octanol–water partition coefficient (Wildman–Crippen LogP) is 0.901. The molecule has 5 heteroatoms. The van der Waals surface area contributed by atoms with Crippen molar-refractivity contribution in [3.05, 3.63) is 18.6 Å². The maximum absolute atomic E-state index is 11.9. The van der Waals surface area contributed by atoms with Crippen LogP contribution in [-0.2, 0) is 4.79 Å². The molecule has 1 fully saturated rings. The molecule has 0 spiro atoms. The number of hydrogen-bond donors (Lipinski definition) is 1. The van der Waals surface area contributed by atoms with Gasteiger partial charge in [0.05, 0.1) is 26.3 Å². The Balaban J connectivity index is 1.90. The van der Waals surface area contributed by atoms with Crippen molar-refractivity contribution in [2.45, 2.75) is 13.3 Å². The summed E-state index contributed by atoms with van der Waals surface area (Å²) >= 11 is 0. The van der Waals surface area contributed by atoms with Gasteiger partial charge in [-0.25, -0.2) is 4.98 Å². The summed E-state index contributed by atoms with van der Waals surface area (Å²) < 4.78 is 0.827. The van der Waals surface area contributed by atoms with Crippen LogP contribution in [0, 0.1) is 5.92 Å². The highest BCUT2D eigenvalue weighted by molar-refractivity contribution is 5.90. The number of carbonyl (C=O) groups is 1. The van der Waals surface area contributed by atoms with Crippen LogP contribution in [0.2, 0.25) is 0 Å². The van der Waals surface area contributed by atoms with Crippen LogP contribution in [0.15, 0.2) is 18.6 Å². The Morgan fingerprint density at radius 2 is 2.41 bits per heavy atom. The fourth-order valence-electron chi connectivity index (χ4n) is 2.50. The van der Waals surface area contributed by atoms with Crippen LogP contribution in [-0.4, -0.2) is 47.0 Å². The molecular weight excluding hydrogens is 216 g/mol. The lowest BCUT2D eigenvalue weighted by atomic mass is 10.2. The number of amides is 1. The van der Waals surface area contributed by atoms with Crippen LogP contribution in [0.3, 0.4) is 0 Å². The van der Waals surface area contributed by atoms with Crippen LogP contribution < -0.4 is 5.32 Å². The molecule has 1 aromatic rings. The highest BCUT2D eigenvalue weighted by Gasteiger charge is 2.33. The number of aromatic nitrogens is 2. The summed E-state index contributed by atoms with van der Waals surface area (Å²) in [4.78, 5) is 19.8. The summed E-state index contributed by atoms with van der Waals surface area (Å²) in [6, 6.07) is 0. The van der Waals surface area contributed by atoms with Gasteiger partial charge >= 0.3 is 0 Å². The van der Waals surface area contributed by atoms with Gasteiger partial charge in [-0.05, 0) is 0 Å². The molecule has 17 heavy (non-hydrogen) atoms. The molecule has 5 nitrogen and oxygen atoms in total. The molecular formula is C12H19N4O+. The Kier molecular flexibility index (Phi) is 3.38. The second-order valence-corrected chi connectivity index (χ2v) is 5.22. The van der Waals surface area contributed by atoms with E-state index in [0.29, 0.717) is 18.3 Å². The predicted molar refractivity (Wildman–Crippen MR) is 65.2 cm³/mol. The lowest BCUT2D eigenvalue weighted by Gasteiger charge is -2.28. The van der Waals surface area contributed by atoms with Crippen LogP contribution >= 0.6 is 0 Å². The average Bonchev–Trinajstić information content (AvgIpc) is 2.59. The number of quaternary nitrogens is 1. The van der Waals surface area contributed by atoms with Gasteiger partial charge < -0.3 is 9.80 Å². The van der Waals surface area contributed by atoms with Crippen molar-refractivity contribution in [3.8, 4) is 0 Å². The first-order chi connectivity index (χ1) is 8.07. The van der Waals surface area contributed by atoms with E-state index in [0.717, 1.165) is 17.6 Å². The summed E-state index contributed by atoms with van der Waals surface area (Å²) in [5.41, 5.74) is 0. The topological polar surface area (TPSA) is 54.9 Å². The third-order valence-corrected chi connectivity index (χ3v) is 3.27. The van der Waals surface area contributed by atoms with E-state index in [4.69, 9.17) is 0 Å². The van der Waals surface area contributed by atoms with E-state index in [1.54, 1.807) is 18.6 Å². The molecule has 0 radical (unpaired) electrons. The summed E-state index contributed by atoms with van der Waals surface area (Å²) in [5.74, 6) is 1.25. The van der Waals surface area contributed by atoms with Crippen LogP contribution in [0.25, 0.3) is 0 Å². The molecule has 1 unspecified atom stereocenters. The summed E-state index contributed by atoms with van der Waals surface area (Å²) in [6.45, 7) is 4.91. The van der Waals surface area contributed by atoms with Gasteiger partial charge in [0.1, 0.15) is 0 Å². The molecule has 1 aliphatic rings. The highest BCUT2D eigenvalue weighted by Crippen LogP contribution is 2.21. The van der Waals surface area contributed by atoms with Gasteiger partial charge in [-0.15, -0.1) is 0 Å². The average molecular weight is 235 g/mol. The zero-order valence-electron chi connectivity index (χ0n) is 10.4. The van der Waals surface area contributed by atoms with Crippen molar-refractivity contribution < 1.29 is 9.28 Å². The molecule has 92 valence electrons. The largest absolute Gasteiger partial charge is 0.318 e. The van der Waals surface area contributed by atoms with Crippen LogP contribution in [0.1, 0.15) is 13.3 Å². The molecule has 0 bridgehead atoms. The molecule has 1 amide bonds. The summed E-state index contributed by atoms with van der Waals surface area (Å²) in [5, 5.41) is 2.78. The van der Waals surface area contributed by atoms with E-state index in [-0.39, 0.29) is 5.91 Å². The molecule has 1 saturated heterocycles. The minimum Gasteiger partial charge on any atom is -0.318 e. The SMILES string of the molecule is C[C@@H]1CC[N+](C)(CC(=O)Nc2cnccn2)C1. The quantitative estimate of drug-likeness (QED) is 0.792. The monoisotopic (exact) mass is 235 g/mol. The van der Waals surface area contributed by atoms with Gasteiger partial charge in [-0.1, -0.05) is 6.92 Å². The highest BCUT2D eigenvalue weighted by atomic mass is 16.2. The molecule has 2 heterocycles. The van der Waals surface area contributed by atoms with Gasteiger partial charge in [0, 0.05) is 24.7 Å². The normalized spacial score (nSPS) is 28.0. The lowest BCUT2D eigenvalue weighted by Crippen LogP contribution is -2.47. The van der Waals surface area contributed by atoms with Crippen molar-refractivity contribution in [1.82, 2.24) is 9.97 Å². The fraction of sp³-hybridized carbons (Fsp3) is 0.583. The Morgan fingerprint density at radius 3 is 3.00 bits per heavy atom. The van der Waals surface area contributed by atoms with Gasteiger partial charge in [0.2, 0.25) is 0 Å². The minimum absolute atomic E-state index is 0.0158. The molecule has 1 aliphatic heterocycles. The van der Waals surface area contributed by atoms with E-state index in [2.05, 4.69) is 29.3 Å². The first-order valence-corrected chi connectivity index (χ1v) is 5.97. The number of likely N-dealkylation sites (tertiary alicyclic amines) is 1. The van der Waals surface area contributed by atoms with Crippen molar-refractivity contribution in [2.75, 3.05) is 32.0 Å². The third-order valence-electron chi connectivity index (χ3n) is 3.27. The minimum atomic E-state index is 0.0158. The van der Waals surface area contributed by atoms with Gasteiger partial charge in [-0.2, -0.15) is 0 Å². The number of anilines is 1. The Labute approximate surface area is 101 Å². The van der Waals surface area contributed by atoms with E-state index >= 15 is 0 Å². The zero-order valence-corrected chi connectivity index (χ0v) is 10.4. The summed E-state index contributed by atoms with van der Waals surface area (Å²) in [6.07, 6.45) is 5.93. The number of rotatable bonds is 3. The number of nitrogens with one attached hydrogen (secondary N) is 1. The van der Waals surface area contributed by atoms with E-state index < -0.39 is 0 Å². The molecule has 2 atom stereocenters. The first-order valence-electron chi connectivity index (χ1n) is 5.97. The summed E-state index contributed by atoms with van der Waals surface area (Å²) in [7, 11) is 2.14. The van der Waals surface area contributed by atoms with E-state index in [1.165, 1.54) is 6.42 Å². The molecule has 2 rings (SSSR count). The Morgan fingerprint density at radius 1 is 1.59 bits per heavy atom. The molecule has 0 aromatic carbocycles. The van der Waals surface area contributed by atoms with E-state index in [9.17, 15) is 4.79 Å². The molecule has 0 aliphatic carbocycles. The zero-order chi connectivity index (χ0) is 12.3. The first kappa shape index (κ1) is 12.0. The molecule has 0 saturated carbocycles.